The minimum absolute atomic E-state index is 0.306. The SMILES string of the molecule is COC(=O)Nc1ccc(CN=C(N)Nc2cccc(OC)c2)cc1. The molecule has 0 aromatic heterocycles. The highest BCUT2D eigenvalue weighted by Gasteiger charge is 2.01. The maximum atomic E-state index is 11.1. The van der Waals surface area contributed by atoms with Crippen molar-refractivity contribution in [1.29, 1.82) is 0 Å². The van der Waals surface area contributed by atoms with E-state index in [0.29, 0.717) is 18.2 Å². The van der Waals surface area contributed by atoms with E-state index >= 15 is 0 Å². The molecule has 2 aromatic rings. The molecule has 0 aliphatic heterocycles. The number of rotatable bonds is 5. The Morgan fingerprint density at radius 2 is 1.83 bits per heavy atom. The zero-order valence-electron chi connectivity index (χ0n) is 13.6. The van der Waals surface area contributed by atoms with E-state index in [-0.39, 0.29) is 0 Å². The fourth-order valence-electron chi connectivity index (χ4n) is 1.93. The third-order valence-electron chi connectivity index (χ3n) is 3.16. The Kier molecular flexibility index (Phi) is 6.01. The van der Waals surface area contributed by atoms with Gasteiger partial charge in [0.2, 0.25) is 0 Å². The van der Waals surface area contributed by atoms with Gasteiger partial charge in [0.05, 0.1) is 20.8 Å². The molecule has 4 N–H and O–H groups in total. The van der Waals surface area contributed by atoms with Gasteiger partial charge in [-0.05, 0) is 29.8 Å². The van der Waals surface area contributed by atoms with E-state index in [1.54, 1.807) is 19.2 Å². The molecule has 0 unspecified atom stereocenters. The molecule has 2 aromatic carbocycles. The van der Waals surface area contributed by atoms with Gasteiger partial charge in [0.15, 0.2) is 5.96 Å². The van der Waals surface area contributed by atoms with Crippen LogP contribution in [0.4, 0.5) is 16.2 Å². The highest BCUT2D eigenvalue weighted by molar-refractivity contribution is 5.92. The number of ether oxygens (including phenoxy) is 2. The van der Waals surface area contributed by atoms with Crippen molar-refractivity contribution in [2.45, 2.75) is 6.54 Å². The summed E-state index contributed by atoms with van der Waals surface area (Å²) >= 11 is 0. The second-order valence-corrected chi connectivity index (χ2v) is 4.87. The molecule has 0 radical (unpaired) electrons. The van der Waals surface area contributed by atoms with Crippen LogP contribution in [0.2, 0.25) is 0 Å². The number of anilines is 2. The molecule has 7 heteroatoms. The van der Waals surface area contributed by atoms with Gasteiger partial charge in [0, 0.05) is 17.4 Å². The summed E-state index contributed by atoms with van der Waals surface area (Å²) in [4.78, 5) is 15.4. The zero-order valence-corrected chi connectivity index (χ0v) is 13.6. The maximum absolute atomic E-state index is 11.1. The van der Waals surface area contributed by atoms with E-state index in [1.165, 1.54) is 7.11 Å². The third-order valence-corrected chi connectivity index (χ3v) is 3.16. The molecule has 0 aliphatic carbocycles. The zero-order chi connectivity index (χ0) is 17.4. The molecule has 126 valence electrons. The summed E-state index contributed by atoms with van der Waals surface area (Å²) in [5.41, 5.74) is 8.29. The molecule has 24 heavy (non-hydrogen) atoms. The van der Waals surface area contributed by atoms with Crippen molar-refractivity contribution in [3.8, 4) is 5.75 Å². The lowest BCUT2D eigenvalue weighted by Crippen LogP contribution is -2.22. The predicted octanol–water partition coefficient (Wildman–Crippen LogP) is 2.80. The summed E-state index contributed by atoms with van der Waals surface area (Å²) in [6, 6.07) is 14.7. The standard InChI is InChI=1S/C17H20N4O3/c1-23-15-5-3-4-14(10-15)20-16(18)19-11-12-6-8-13(9-7-12)21-17(22)24-2/h3-10H,11H2,1-2H3,(H,21,22)(H3,18,19,20). The van der Waals surface area contributed by atoms with Crippen LogP contribution in [0.15, 0.2) is 53.5 Å². The van der Waals surface area contributed by atoms with Gasteiger partial charge in [-0.3, -0.25) is 5.32 Å². The van der Waals surface area contributed by atoms with Crippen molar-refractivity contribution < 1.29 is 14.3 Å². The van der Waals surface area contributed by atoms with E-state index in [4.69, 9.17) is 10.5 Å². The van der Waals surface area contributed by atoms with Crippen molar-refractivity contribution >= 4 is 23.4 Å². The van der Waals surface area contributed by atoms with Gasteiger partial charge in [-0.2, -0.15) is 0 Å². The van der Waals surface area contributed by atoms with Crippen molar-refractivity contribution in [2.75, 3.05) is 24.9 Å². The monoisotopic (exact) mass is 328 g/mol. The summed E-state index contributed by atoms with van der Waals surface area (Å²) in [5.74, 6) is 1.04. The fraction of sp³-hybridized carbons (Fsp3) is 0.176. The molecule has 0 saturated carbocycles. The largest absolute Gasteiger partial charge is 0.497 e. The minimum atomic E-state index is -0.507. The highest BCUT2D eigenvalue weighted by Crippen LogP contribution is 2.16. The van der Waals surface area contributed by atoms with E-state index in [9.17, 15) is 4.79 Å². The number of nitrogens with zero attached hydrogens (tertiary/aromatic N) is 1. The average molecular weight is 328 g/mol. The Morgan fingerprint density at radius 3 is 2.50 bits per heavy atom. The molecule has 0 atom stereocenters. The molecule has 0 bridgehead atoms. The fourth-order valence-corrected chi connectivity index (χ4v) is 1.93. The van der Waals surface area contributed by atoms with Gasteiger partial charge in [-0.15, -0.1) is 0 Å². The van der Waals surface area contributed by atoms with Crippen LogP contribution in [0.1, 0.15) is 5.56 Å². The lowest BCUT2D eigenvalue weighted by molar-refractivity contribution is 0.187. The van der Waals surface area contributed by atoms with Crippen molar-refractivity contribution in [2.24, 2.45) is 10.7 Å². The quantitative estimate of drug-likeness (QED) is 0.579. The number of nitrogens with one attached hydrogen (secondary N) is 2. The normalized spacial score (nSPS) is 10.8. The summed E-state index contributed by atoms with van der Waals surface area (Å²) in [7, 11) is 2.92. The average Bonchev–Trinajstić information content (AvgIpc) is 2.61. The van der Waals surface area contributed by atoms with Gasteiger partial charge in [0.1, 0.15) is 5.75 Å². The van der Waals surface area contributed by atoms with Crippen LogP contribution in [0.3, 0.4) is 0 Å². The van der Waals surface area contributed by atoms with Gasteiger partial charge in [-0.1, -0.05) is 18.2 Å². The second-order valence-electron chi connectivity index (χ2n) is 4.87. The molecular formula is C17H20N4O3. The van der Waals surface area contributed by atoms with Crippen LogP contribution in [-0.4, -0.2) is 26.3 Å². The van der Waals surface area contributed by atoms with Gasteiger partial charge in [0.25, 0.3) is 0 Å². The minimum Gasteiger partial charge on any atom is -0.497 e. The number of guanidine groups is 1. The summed E-state index contributed by atoms with van der Waals surface area (Å²) in [6.07, 6.45) is -0.507. The number of carbonyl (C=O) groups is 1. The van der Waals surface area contributed by atoms with Gasteiger partial charge in [-0.25, -0.2) is 9.79 Å². The van der Waals surface area contributed by atoms with Crippen LogP contribution in [0.5, 0.6) is 5.75 Å². The Bertz CT molecular complexity index is 714. The van der Waals surface area contributed by atoms with Crippen LogP contribution in [0, 0.1) is 0 Å². The summed E-state index contributed by atoms with van der Waals surface area (Å²) < 4.78 is 9.68. The topological polar surface area (TPSA) is 98.0 Å². The molecule has 7 nitrogen and oxygen atoms in total. The lowest BCUT2D eigenvalue weighted by atomic mass is 10.2. The smallest absolute Gasteiger partial charge is 0.411 e. The van der Waals surface area contributed by atoms with Crippen LogP contribution in [0.25, 0.3) is 0 Å². The number of aliphatic imine (C=N–C) groups is 1. The molecule has 0 saturated heterocycles. The van der Waals surface area contributed by atoms with Crippen molar-refractivity contribution in [3.05, 3.63) is 54.1 Å². The predicted molar refractivity (Wildman–Crippen MR) is 94.4 cm³/mol. The van der Waals surface area contributed by atoms with E-state index in [2.05, 4.69) is 20.4 Å². The van der Waals surface area contributed by atoms with E-state index in [0.717, 1.165) is 17.0 Å². The molecule has 2 rings (SSSR count). The number of hydrogen-bond donors (Lipinski definition) is 3. The first-order valence-electron chi connectivity index (χ1n) is 7.25. The molecule has 0 spiro atoms. The van der Waals surface area contributed by atoms with Crippen molar-refractivity contribution in [3.63, 3.8) is 0 Å². The Balaban J connectivity index is 1.93. The van der Waals surface area contributed by atoms with E-state index < -0.39 is 6.09 Å². The Labute approximate surface area is 140 Å². The third kappa shape index (κ3) is 5.20. The number of benzene rings is 2. The second kappa shape index (κ2) is 8.42. The van der Waals surface area contributed by atoms with Gasteiger partial charge < -0.3 is 20.5 Å². The maximum Gasteiger partial charge on any atom is 0.411 e. The summed E-state index contributed by atoms with van der Waals surface area (Å²) in [5, 5.41) is 5.59. The van der Waals surface area contributed by atoms with Crippen LogP contribution < -0.4 is 21.1 Å². The number of nitrogens with two attached hydrogens (primary N) is 1. The first-order valence-corrected chi connectivity index (χ1v) is 7.25. The number of amides is 1. The summed E-state index contributed by atoms with van der Waals surface area (Å²) in [6.45, 7) is 0.418. The van der Waals surface area contributed by atoms with Crippen LogP contribution in [-0.2, 0) is 11.3 Å². The Hall–Kier alpha value is -3.22. The molecule has 1 amide bonds. The van der Waals surface area contributed by atoms with Gasteiger partial charge >= 0.3 is 6.09 Å². The van der Waals surface area contributed by atoms with Crippen molar-refractivity contribution in [1.82, 2.24) is 0 Å². The molecule has 0 fully saturated rings. The Morgan fingerprint density at radius 1 is 1.08 bits per heavy atom. The highest BCUT2D eigenvalue weighted by atomic mass is 16.5. The number of carbonyl (C=O) groups excluding carboxylic acids is 1. The molecular weight excluding hydrogens is 308 g/mol. The first kappa shape index (κ1) is 17.1. The number of hydrogen-bond acceptors (Lipinski definition) is 4. The molecule has 0 heterocycles. The van der Waals surface area contributed by atoms with E-state index in [1.807, 2.05) is 36.4 Å². The lowest BCUT2D eigenvalue weighted by Gasteiger charge is -2.08. The first-order chi connectivity index (χ1) is 11.6. The molecule has 0 aliphatic rings. The van der Waals surface area contributed by atoms with Crippen LogP contribution >= 0.6 is 0 Å². The number of methoxy groups -OCH3 is 2.